The third-order valence-corrected chi connectivity index (χ3v) is 4.23. The highest BCUT2D eigenvalue weighted by Gasteiger charge is 2.27. The lowest BCUT2D eigenvalue weighted by Crippen LogP contribution is -2.24. The standard InChI is InChI=1S/C15H12BrClFNO/c16-9-2-3-10-13(19)7-14(20-15(10)6-9)8-1-4-11(17)12(18)5-8/h1-6,13-14H,7,19H2. The molecule has 3 rings (SSSR count). The first-order valence-corrected chi connectivity index (χ1v) is 7.38. The van der Waals surface area contributed by atoms with E-state index < -0.39 is 5.82 Å². The zero-order valence-electron chi connectivity index (χ0n) is 10.4. The van der Waals surface area contributed by atoms with Gasteiger partial charge >= 0.3 is 0 Å². The van der Waals surface area contributed by atoms with E-state index in [9.17, 15) is 4.39 Å². The summed E-state index contributed by atoms with van der Waals surface area (Å²) in [5.41, 5.74) is 7.89. The molecule has 0 aliphatic carbocycles. The van der Waals surface area contributed by atoms with Gasteiger partial charge in [0.2, 0.25) is 0 Å². The summed E-state index contributed by atoms with van der Waals surface area (Å²) in [6.07, 6.45) is 0.342. The van der Waals surface area contributed by atoms with Crippen LogP contribution in [0.2, 0.25) is 5.02 Å². The third kappa shape index (κ3) is 2.55. The van der Waals surface area contributed by atoms with Gasteiger partial charge < -0.3 is 10.5 Å². The van der Waals surface area contributed by atoms with E-state index in [1.807, 2.05) is 18.2 Å². The topological polar surface area (TPSA) is 35.2 Å². The SMILES string of the molecule is NC1CC(c2ccc(Cl)c(F)c2)Oc2cc(Br)ccc21. The van der Waals surface area contributed by atoms with Crippen molar-refractivity contribution < 1.29 is 9.13 Å². The largest absolute Gasteiger partial charge is 0.485 e. The Kier molecular flexibility index (Phi) is 3.71. The Bertz CT molecular complexity index is 664. The number of nitrogens with two attached hydrogens (primary N) is 1. The van der Waals surface area contributed by atoms with Gasteiger partial charge in [-0.3, -0.25) is 0 Å². The van der Waals surface area contributed by atoms with Crippen LogP contribution < -0.4 is 10.5 Å². The highest BCUT2D eigenvalue weighted by Crippen LogP contribution is 2.41. The van der Waals surface area contributed by atoms with Crippen LogP contribution in [0, 0.1) is 5.82 Å². The van der Waals surface area contributed by atoms with Crippen LogP contribution in [0.5, 0.6) is 5.75 Å². The average Bonchev–Trinajstić information content (AvgIpc) is 2.41. The first-order chi connectivity index (χ1) is 9.54. The maximum absolute atomic E-state index is 13.6. The maximum Gasteiger partial charge on any atom is 0.142 e. The van der Waals surface area contributed by atoms with Crippen LogP contribution in [0.4, 0.5) is 4.39 Å². The van der Waals surface area contributed by atoms with Crippen LogP contribution in [0.25, 0.3) is 0 Å². The maximum atomic E-state index is 13.6. The molecule has 1 aliphatic heterocycles. The highest BCUT2D eigenvalue weighted by atomic mass is 79.9. The van der Waals surface area contributed by atoms with Crippen molar-refractivity contribution >= 4 is 27.5 Å². The first kappa shape index (κ1) is 13.9. The van der Waals surface area contributed by atoms with Gasteiger partial charge in [-0.25, -0.2) is 4.39 Å². The smallest absolute Gasteiger partial charge is 0.142 e. The Morgan fingerprint density at radius 1 is 1.25 bits per heavy atom. The van der Waals surface area contributed by atoms with Gasteiger partial charge in [-0.1, -0.05) is 39.7 Å². The monoisotopic (exact) mass is 355 g/mol. The summed E-state index contributed by atoms with van der Waals surface area (Å²) in [6.45, 7) is 0. The summed E-state index contributed by atoms with van der Waals surface area (Å²) in [5, 5.41) is 0.108. The zero-order chi connectivity index (χ0) is 14.3. The molecule has 0 saturated carbocycles. The summed E-state index contributed by atoms with van der Waals surface area (Å²) in [6, 6.07) is 10.3. The van der Waals surface area contributed by atoms with Crippen molar-refractivity contribution in [3.63, 3.8) is 0 Å². The molecule has 0 aromatic heterocycles. The van der Waals surface area contributed by atoms with E-state index in [2.05, 4.69) is 15.9 Å². The van der Waals surface area contributed by atoms with Crippen LogP contribution in [0.3, 0.4) is 0 Å². The number of benzene rings is 2. The fraction of sp³-hybridized carbons (Fsp3) is 0.200. The molecule has 0 saturated heterocycles. The van der Waals surface area contributed by atoms with Crippen LogP contribution in [0.1, 0.15) is 29.7 Å². The second-order valence-corrected chi connectivity index (χ2v) is 6.13. The molecule has 0 spiro atoms. The molecule has 20 heavy (non-hydrogen) atoms. The Morgan fingerprint density at radius 2 is 2.05 bits per heavy atom. The molecular weight excluding hydrogens is 345 g/mol. The Balaban J connectivity index is 1.96. The fourth-order valence-corrected chi connectivity index (χ4v) is 2.85. The summed E-state index contributed by atoms with van der Waals surface area (Å²) < 4.78 is 20.4. The Hall–Kier alpha value is -1.10. The molecule has 2 N–H and O–H groups in total. The van der Waals surface area contributed by atoms with Crippen molar-refractivity contribution in [2.45, 2.75) is 18.6 Å². The van der Waals surface area contributed by atoms with Gasteiger partial charge in [-0.15, -0.1) is 0 Å². The lowest BCUT2D eigenvalue weighted by molar-refractivity contribution is 0.161. The zero-order valence-corrected chi connectivity index (χ0v) is 12.8. The molecule has 0 fully saturated rings. The number of rotatable bonds is 1. The number of hydrogen-bond donors (Lipinski definition) is 1. The van der Waals surface area contributed by atoms with Gasteiger partial charge in [-0.2, -0.15) is 0 Å². The van der Waals surface area contributed by atoms with E-state index in [1.165, 1.54) is 12.1 Å². The quantitative estimate of drug-likeness (QED) is 0.799. The van der Waals surface area contributed by atoms with Gasteiger partial charge in [0.15, 0.2) is 0 Å². The number of hydrogen-bond acceptors (Lipinski definition) is 2. The average molecular weight is 357 g/mol. The number of ether oxygens (including phenoxy) is 1. The van der Waals surface area contributed by atoms with Gasteiger partial charge in [0.05, 0.1) is 5.02 Å². The molecule has 2 unspecified atom stereocenters. The van der Waals surface area contributed by atoms with Crippen LogP contribution in [-0.4, -0.2) is 0 Å². The van der Waals surface area contributed by atoms with E-state index in [4.69, 9.17) is 22.1 Å². The second kappa shape index (κ2) is 5.35. The Labute approximate surface area is 129 Å². The van der Waals surface area contributed by atoms with Crippen molar-refractivity contribution in [3.05, 3.63) is 62.8 Å². The van der Waals surface area contributed by atoms with E-state index in [1.54, 1.807) is 6.07 Å². The molecule has 2 nitrogen and oxygen atoms in total. The van der Waals surface area contributed by atoms with E-state index >= 15 is 0 Å². The predicted molar refractivity (Wildman–Crippen MR) is 80.5 cm³/mol. The minimum Gasteiger partial charge on any atom is -0.485 e. The summed E-state index contributed by atoms with van der Waals surface area (Å²) in [5.74, 6) is 0.292. The number of halogens is 3. The van der Waals surface area contributed by atoms with Crippen molar-refractivity contribution in [1.29, 1.82) is 0 Å². The van der Waals surface area contributed by atoms with E-state index in [-0.39, 0.29) is 17.2 Å². The molecule has 2 aromatic rings. The first-order valence-electron chi connectivity index (χ1n) is 6.21. The van der Waals surface area contributed by atoms with Crippen molar-refractivity contribution in [3.8, 4) is 5.75 Å². The normalized spacial score (nSPS) is 21.2. The van der Waals surface area contributed by atoms with Crippen LogP contribution in [-0.2, 0) is 0 Å². The number of fused-ring (bicyclic) bond motifs is 1. The molecule has 1 aliphatic rings. The minimum atomic E-state index is -0.443. The molecule has 5 heteroatoms. The van der Waals surface area contributed by atoms with Gasteiger partial charge in [-0.05, 0) is 29.8 Å². The molecule has 0 bridgehead atoms. The molecule has 1 heterocycles. The van der Waals surface area contributed by atoms with Gasteiger partial charge in [0.25, 0.3) is 0 Å². The molecular formula is C15H12BrClFNO. The van der Waals surface area contributed by atoms with Gasteiger partial charge in [0, 0.05) is 22.5 Å². The Morgan fingerprint density at radius 3 is 2.80 bits per heavy atom. The van der Waals surface area contributed by atoms with Crippen LogP contribution in [0.15, 0.2) is 40.9 Å². The molecule has 0 radical (unpaired) electrons. The summed E-state index contributed by atoms with van der Waals surface area (Å²) in [7, 11) is 0. The molecule has 104 valence electrons. The lowest BCUT2D eigenvalue weighted by Gasteiger charge is -2.30. The van der Waals surface area contributed by atoms with Crippen molar-refractivity contribution in [1.82, 2.24) is 0 Å². The van der Waals surface area contributed by atoms with Crippen LogP contribution >= 0.6 is 27.5 Å². The van der Waals surface area contributed by atoms with Crippen molar-refractivity contribution in [2.75, 3.05) is 0 Å². The van der Waals surface area contributed by atoms with Crippen molar-refractivity contribution in [2.24, 2.45) is 5.73 Å². The highest BCUT2D eigenvalue weighted by molar-refractivity contribution is 9.10. The lowest BCUT2D eigenvalue weighted by atomic mass is 9.93. The minimum absolute atomic E-state index is 0.108. The summed E-state index contributed by atoms with van der Waals surface area (Å²) >= 11 is 9.11. The van der Waals surface area contributed by atoms with Gasteiger partial charge in [0.1, 0.15) is 17.7 Å². The second-order valence-electron chi connectivity index (χ2n) is 4.80. The molecule has 2 aromatic carbocycles. The molecule has 0 amide bonds. The van der Waals surface area contributed by atoms with E-state index in [0.29, 0.717) is 6.42 Å². The van der Waals surface area contributed by atoms with E-state index in [0.717, 1.165) is 21.3 Å². The predicted octanol–water partition coefficient (Wildman–Crippen LogP) is 4.77. The molecule has 2 atom stereocenters. The summed E-state index contributed by atoms with van der Waals surface area (Å²) in [4.78, 5) is 0. The third-order valence-electron chi connectivity index (χ3n) is 3.43. The fourth-order valence-electron chi connectivity index (χ4n) is 2.39.